The predicted molar refractivity (Wildman–Crippen MR) is 132 cm³/mol. The van der Waals surface area contributed by atoms with E-state index < -0.39 is 0 Å². The standard InChI is InChI=1S/C27H32N4O3/c1-19(2)21-10-12-23(13-11-21)34-18-20-8-7-9-22(16-20)26(32)29-24-17-28-30(3)25(24)27(33)31-14-5-4-6-15-31/h7-13,16-17,19H,4-6,14-15,18H2,1-3H3,(H,29,32). The van der Waals surface area contributed by atoms with Gasteiger partial charge >= 0.3 is 0 Å². The third-order valence-corrected chi connectivity index (χ3v) is 6.17. The van der Waals surface area contributed by atoms with Gasteiger partial charge in [-0.2, -0.15) is 5.10 Å². The fourth-order valence-corrected chi connectivity index (χ4v) is 4.14. The number of amides is 2. The van der Waals surface area contributed by atoms with Gasteiger partial charge in [-0.1, -0.05) is 38.1 Å². The number of hydrogen-bond donors (Lipinski definition) is 1. The minimum Gasteiger partial charge on any atom is -0.489 e. The Balaban J connectivity index is 1.42. The van der Waals surface area contributed by atoms with Crippen LogP contribution in [-0.4, -0.2) is 39.6 Å². The number of piperidine rings is 1. The van der Waals surface area contributed by atoms with E-state index in [4.69, 9.17) is 4.74 Å². The Labute approximate surface area is 200 Å². The third-order valence-electron chi connectivity index (χ3n) is 6.17. The van der Waals surface area contributed by atoms with Gasteiger partial charge in [-0.15, -0.1) is 0 Å². The normalized spacial score (nSPS) is 13.7. The number of rotatable bonds is 7. The Morgan fingerprint density at radius 2 is 1.79 bits per heavy atom. The number of carbonyl (C=O) groups is 2. The molecule has 0 spiro atoms. The zero-order chi connectivity index (χ0) is 24.1. The van der Waals surface area contributed by atoms with Crippen LogP contribution in [0.5, 0.6) is 5.75 Å². The summed E-state index contributed by atoms with van der Waals surface area (Å²) in [6.07, 6.45) is 4.68. The number of hydrogen-bond acceptors (Lipinski definition) is 4. The molecule has 1 aromatic heterocycles. The summed E-state index contributed by atoms with van der Waals surface area (Å²) in [5, 5.41) is 7.09. The Kier molecular flexibility index (Phi) is 7.30. The molecule has 2 heterocycles. The Morgan fingerprint density at radius 3 is 2.50 bits per heavy atom. The number of nitrogens with zero attached hydrogens (tertiary/aromatic N) is 3. The molecule has 0 saturated carbocycles. The average molecular weight is 461 g/mol. The van der Waals surface area contributed by atoms with Crippen molar-refractivity contribution < 1.29 is 14.3 Å². The molecule has 0 atom stereocenters. The zero-order valence-corrected chi connectivity index (χ0v) is 20.1. The monoisotopic (exact) mass is 460 g/mol. The lowest BCUT2D eigenvalue weighted by molar-refractivity contribution is 0.0714. The molecule has 7 nitrogen and oxygen atoms in total. The second-order valence-electron chi connectivity index (χ2n) is 9.05. The van der Waals surface area contributed by atoms with Crippen LogP contribution in [0.3, 0.4) is 0 Å². The SMILES string of the molecule is CC(C)c1ccc(OCc2cccc(C(=O)Nc3cnn(C)c3C(=O)N3CCCCC3)c2)cc1. The van der Waals surface area contributed by atoms with Crippen molar-refractivity contribution in [1.82, 2.24) is 14.7 Å². The molecular weight excluding hydrogens is 428 g/mol. The number of aryl methyl sites for hydroxylation is 1. The first-order chi connectivity index (χ1) is 16.4. The molecule has 3 aromatic rings. The van der Waals surface area contributed by atoms with Crippen LogP contribution in [0.1, 0.15) is 71.0 Å². The molecule has 7 heteroatoms. The van der Waals surface area contributed by atoms with Crippen LogP contribution in [0.4, 0.5) is 5.69 Å². The molecule has 178 valence electrons. The van der Waals surface area contributed by atoms with E-state index in [0.29, 0.717) is 29.5 Å². The quantitative estimate of drug-likeness (QED) is 0.538. The highest BCUT2D eigenvalue weighted by Gasteiger charge is 2.25. The number of benzene rings is 2. The van der Waals surface area contributed by atoms with Gasteiger partial charge in [-0.3, -0.25) is 14.3 Å². The van der Waals surface area contributed by atoms with Gasteiger partial charge < -0.3 is 15.0 Å². The summed E-state index contributed by atoms with van der Waals surface area (Å²) in [4.78, 5) is 27.9. The number of ether oxygens (including phenoxy) is 1. The molecule has 1 fully saturated rings. The van der Waals surface area contributed by atoms with Gasteiger partial charge in [0, 0.05) is 25.7 Å². The lowest BCUT2D eigenvalue weighted by atomic mass is 10.0. The first-order valence-electron chi connectivity index (χ1n) is 11.9. The molecule has 0 bridgehead atoms. The summed E-state index contributed by atoms with van der Waals surface area (Å²) in [6, 6.07) is 15.4. The van der Waals surface area contributed by atoms with Crippen molar-refractivity contribution in [2.24, 2.45) is 7.05 Å². The van der Waals surface area contributed by atoms with Crippen LogP contribution in [0, 0.1) is 0 Å². The van der Waals surface area contributed by atoms with Crippen molar-refractivity contribution in [1.29, 1.82) is 0 Å². The topological polar surface area (TPSA) is 76.5 Å². The fraction of sp³-hybridized carbons (Fsp3) is 0.370. The molecule has 2 amide bonds. The van der Waals surface area contributed by atoms with E-state index in [-0.39, 0.29) is 11.8 Å². The molecule has 2 aromatic carbocycles. The second-order valence-corrected chi connectivity index (χ2v) is 9.05. The summed E-state index contributed by atoms with van der Waals surface area (Å²) in [6.45, 7) is 6.14. The summed E-state index contributed by atoms with van der Waals surface area (Å²) in [5.74, 6) is 0.875. The lowest BCUT2D eigenvalue weighted by Crippen LogP contribution is -2.37. The van der Waals surface area contributed by atoms with Gasteiger partial charge in [-0.05, 0) is 60.6 Å². The maximum Gasteiger partial charge on any atom is 0.274 e. The molecule has 34 heavy (non-hydrogen) atoms. The Morgan fingerprint density at radius 1 is 1.06 bits per heavy atom. The van der Waals surface area contributed by atoms with Gasteiger partial charge in [0.1, 0.15) is 18.1 Å². The van der Waals surface area contributed by atoms with Crippen molar-refractivity contribution in [3.63, 3.8) is 0 Å². The number of anilines is 1. The molecule has 1 saturated heterocycles. The summed E-state index contributed by atoms with van der Waals surface area (Å²) >= 11 is 0. The lowest BCUT2D eigenvalue weighted by Gasteiger charge is -2.27. The average Bonchev–Trinajstić information content (AvgIpc) is 3.22. The minimum absolute atomic E-state index is 0.0966. The van der Waals surface area contributed by atoms with E-state index in [1.54, 1.807) is 19.2 Å². The van der Waals surface area contributed by atoms with Gasteiger partial charge in [0.05, 0.1) is 11.9 Å². The van der Waals surface area contributed by atoms with E-state index in [2.05, 4.69) is 36.4 Å². The highest BCUT2D eigenvalue weighted by Crippen LogP contribution is 2.22. The van der Waals surface area contributed by atoms with E-state index in [1.807, 2.05) is 29.2 Å². The first kappa shape index (κ1) is 23.5. The Hall–Kier alpha value is -3.61. The maximum atomic E-state index is 13.1. The zero-order valence-electron chi connectivity index (χ0n) is 20.1. The smallest absolute Gasteiger partial charge is 0.274 e. The fourth-order valence-electron chi connectivity index (χ4n) is 4.14. The van der Waals surface area contributed by atoms with E-state index in [9.17, 15) is 9.59 Å². The molecule has 1 aliphatic heterocycles. The van der Waals surface area contributed by atoms with Crippen molar-refractivity contribution in [2.75, 3.05) is 18.4 Å². The number of aromatic nitrogens is 2. The Bertz CT molecular complexity index is 1140. The van der Waals surface area contributed by atoms with Crippen LogP contribution < -0.4 is 10.1 Å². The van der Waals surface area contributed by atoms with Crippen LogP contribution >= 0.6 is 0 Å². The van der Waals surface area contributed by atoms with Crippen molar-refractivity contribution >= 4 is 17.5 Å². The van der Waals surface area contributed by atoms with Gasteiger partial charge in [-0.25, -0.2) is 0 Å². The highest BCUT2D eigenvalue weighted by molar-refractivity contribution is 6.08. The van der Waals surface area contributed by atoms with Crippen LogP contribution in [0.25, 0.3) is 0 Å². The second kappa shape index (κ2) is 10.5. The van der Waals surface area contributed by atoms with E-state index >= 15 is 0 Å². The molecule has 0 aliphatic carbocycles. The largest absolute Gasteiger partial charge is 0.489 e. The van der Waals surface area contributed by atoms with Gasteiger partial charge in [0.25, 0.3) is 11.8 Å². The van der Waals surface area contributed by atoms with E-state index in [0.717, 1.165) is 43.7 Å². The van der Waals surface area contributed by atoms with Crippen molar-refractivity contribution in [2.45, 2.75) is 45.6 Å². The molecule has 0 radical (unpaired) electrons. The van der Waals surface area contributed by atoms with Gasteiger partial charge in [0.15, 0.2) is 0 Å². The molecule has 1 N–H and O–H groups in total. The highest BCUT2D eigenvalue weighted by atomic mass is 16.5. The molecule has 1 aliphatic rings. The number of likely N-dealkylation sites (tertiary alicyclic amines) is 1. The van der Waals surface area contributed by atoms with Crippen LogP contribution in [-0.2, 0) is 13.7 Å². The summed E-state index contributed by atoms with van der Waals surface area (Å²) < 4.78 is 7.43. The van der Waals surface area contributed by atoms with Crippen LogP contribution in [0.2, 0.25) is 0 Å². The van der Waals surface area contributed by atoms with Gasteiger partial charge in [0.2, 0.25) is 0 Å². The minimum atomic E-state index is -0.288. The molecular formula is C27H32N4O3. The summed E-state index contributed by atoms with van der Waals surface area (Å²) in [7, 11) is 1.72. The molecule has 4 rings (SSSR count). The van der Waals surface area contributed by atoms with Crippen molar-refractivity contribution in [3.8, 4) is 5.75 Å². The third kappa shape index (κ3) is 5.47. The molecule has 0 unspecified atom stereocenters. The van der Waals surface area contributed by atoms with E-state index in [1.165, 1.54) is 16.4 Å². The predicted octanol–water partition coefficient (Wildman–Crippen LogP) is 5.00. The summed E-state index contributed by atoms with van der Waals surface area (Å²) in [5.41, 5.74) is 3.47. The van der Waals surface area contributed by atoms with Crippen molar-refractivity contribution in [3.05, 3.63) is 77.1 Å². The maximum absolute atomic E-state index is 13.1. The number of carbonyl (C=O) groups excluding carboxylic acids is 2. The van der Waals surface area contributed by atoms with Crippen LogP contribution in [0.15, 0.2) is 54.7 Å². The number of nitrogens with one attached hydrogen (secondary N) is 1. The first-order valence-corrected chi connectivity index (χ1v) is 11.9.